The molecule has 0 spiro atoms. The van der Waals surface area contributed by atoms with E-state index in [2.05, 4.69) is 20.2 Å². The molecule has 16 heavy (non-hydrogen) atoms. The van der Waals surface area contributed by atoms with Crippen LogP contribution in [-0.2, 0) is 0 Å². The largest absolute Gasteiger partial charge is 0.478 e. The molecule has 0 saturated carbocycles. The summed E-state index contributed by atoms with van der Waals surface area (Å²) in [5, 5.41) is 16.4. The molecule has 0 atom stereocenters. The molecule has 2 rings (SSSR count). The van der Waals surface area contributed by atoms with Crippen LogP contribution in [0.15, 0.2) is 46.9 Å². The van der Waals surface area contributed by atoms with Gasteiger partial charge in [-0.3, -0.25) is 0 Å². The Hall–Kier alpha value is -2.50. The number of hydrogen-bond donors (Lipinski definition) is 2. The molecule has 0 saturated heterocycles. The lowest BCUT2D eigenvalue weighted by Crippen LogP contribution is -1.93. The zero-order valence-electron chi connectivity index (χ0n) is 8.16. The number of imidazole rings is 1. The van der Waals surface area contributed by atoms with E-state index in [1.165, 1.54) is 12.1 Å². The summed E-state index contributed by atoms with van der Waals surface area (Å²) in [6, 6.07) is 6.10. The van der Waals surface area contributed by atoms with Gasteiger partial charge in [-0.05, 0) is 24.3 Å². The Morgan fingerprint density at radius 1 is 1.25 bits per heavy atom. The van der Waals surface area contributed by atoms with E-state index in [1.54, 1.807) is 24.5 Å². The number of hydrogen-bond acceptors (Lipinski definition) is 4. The molecule has 0 radical (unpaired) electrons. The van der Waals surface area contributed by atoms with Gasteiger partial charge in [0.2, 0.25) is 5.95 Å². The average Bonchev–Trinajstić information content (AvgIpc) is 2.80. The van der Waals surface area contributed by atoms with Crippen LogP contribution in [0, 0.1) is 0 Å². The molecule has 0 aliphatic heterocycles. The van der Waals surface area contributed by atoms with Crippen molar-refractivity contribution < 1.29 is 9.90 Å². The zero-order valence-corrected chi connectivity index (χ0v) is 8.16. The smallest absolute Gasteiger partial charge is 0.335 e. The van der Waals surface area contributed by atoms with Gasteiger partial charge in [0.25, 0.3) is 0 Å². The quantitative estimate of drug-likeness (QED) is 0.772. The van der Waals surface area contributed by atoms with Gasteiger partial charge in [-0.25, -0.2) is 9.78 Å². The summed E-state index contributed by atoms with van der Waals surface area (Å²) < 4.78 is 0. The summed E-state index contributed by atoms with van der Waals surface area (Å²) in [6.07, 6.45) is 3.21. The molecule has 1 aromatic heterocycles. The average molecular weight is 216 g/mol. The minimum Gasteiger partial charge on any atom is -0.478 e. The fraction of sp³-hybridized carbons (Fsp3) is 0. The standard InChI is InChI=1S/C10H8N4O2/c15-9(16)7-1-3-8(4-2-7)13-14-10-11-5-6-12-10/h1-6H,(H,11,12)(H,15,16). The van der Waals surface area contributed by atoms with E-state index < -0.39 is 5.97 Å². The number of aromatic carboxylic acids is 1. The van der Waals surface area contributed by atoms with Crippen LogP contribution in [0.4, 0.5) is 11.6 Å². The van der Waals surface area contributed by atoms with Crippen molar-refractivity contribution in [2.24, 2.45) is 10.2 Å². The topological polar surface area (TPSA) is 90.7 Å². The molecule has 6 heteroatoms. The van der Waals surface area contributed by atoms with Gasteiger partial charge >= 0.3 is 5.97 Å². The predicted octanol–water partition coefficient (Wildman–Crippen LogP) is 2.52. The fourth-order valence-electron chi connectivity index (χ4n) is 1.09. The van der Waals surface area contributed by atoms with Crippen molar-refractivity contribution in [1.82, 2.24) is 9.97 Å². The number of carboxylic acid groups (broad SMARTS) is 1. The number of carboxylic acids is 1. The van der Waals surface area contributed by atoms with Crippen LogP contribution >= 0.6 is 0 Å². The van der Waals surface area contributed by atoms with Gasteiger partial charge in [-0.15, -0.1) is 10.2 Å². The second-order valence-electron chi connectivity index (χ2n) is 2.96. The summed E-state index contributed by atoms with van der Waals surface area (Å²) in [5.74, 6) is -0.558. The zero-order chi connectivity index (χ0) is 11.4. The fourth-order valence-corrected chi connectivity index (χ4v) is 1.09. The van der Waals surface area contributed by atoms with Crippen molar-refractivity contribution in [3.8, 4) is 0 Å². The Labute approximate surface area is 90.7 Å². The number of rotatable bonds is 3. The molecule has 2 aromatic rings. The number of benzene rings is 1. The van der Waals surface area contributed by atoms with E-state index in [4.69, 9.17) is 5.11 Å². The molecule has 1 aromatic carbocycles. The van der Waals surface area contributed by atoms with Crippen LogP contribution in [0.1, 0.15) is 10.4 Å². The third-order valence-corrected chi connectivity index (χ3v) is 1.86. The first-order valence-corrected chi connectivity index (χ1v) is 4.50. The van der Waals surface area contributed by atoms with Crippen LogP contribution in [0.5, 0.6) is 0 Å². The summed E-state index contributed by atoms with van der Waals surface area (Å²) >= 11 is 0. The van der Waals surface area contributed by atoms with Crippen LogP contribution < -0.4 is 0 Å². The number of aromatic nitrogens is 2. The summed E-state index contributed by atoms with van der Waals surface area (Å²) in [7, 11) is 0. The van der Waals surface area contributed by atoms with Crippen LogP contribution in [-0.4, -0.2) is 21.0 Å². The highest BCUT2D eigenvalue weighted by Gasteiger charge is 2.00. The summed E-state index contributed by atoms with van der Waals surface area (Å²) in [6.45, 7) is 0. The monoisotopic (exact) mass is 216 g/mol. The molecule has 0 bridgehead atoms. The molecule has 0 aliphatic rings. The van der Waals surface area contributed by atoms with Gasteiger partial charge < -0.3 is 10.1 Å². The minimum atomic E-state index is -0.963. The van der Waals surface area contributed by atoms with Gasteiger partial charge in [-0.1, -0.05) is 0 Å². The highest BCUT2D eigenvalue weighted by atomic mass is 16.4. The highest BCUT2D eigenvalue weighted by molar-refractivity contribution is 5.87. The Morgan fingerprint density at radius 2 is 2.00 bits per heavy atom. The van der Waals surface area contributed by atoms with Crippen molar-refractivity contribution in [2.45, 2.75) is 0 Å². The third-order valence-electron chi connectivity index (χ3n) is 1.86. The minimum absolute atomic E-state index is 0.219. The number of nitrogens with zero attached hydrogens (tertiary/aromatic N) is 3. The Morgan fingerprint density at radius 3 is 2.56 bits per heavy atom. The second-order valence-corrected chi connectivity index (χ2v) is 2.96. The first-order chi connectivity index (χ1) is 7.75. The van der Waals surface area contributed by atoms with Gasteiger partial charge in [0.15, 0.2) is 0 Å². The lowest BCUT2D eigenvalue weighted by Gasteiger charge is -1.93. The van der Waals surface area contributed by atoms with E-state index in [9.17, 15) is 4.79 Å². The summed E-state index contributed by atoms with van der Waals surface area (Å²) in [5.41, 5.74) is 0.790. The Bertz CT molecular complexity index is 502. The molecular weight excluding hydrogens is 208 g/mol. The van der Waals surface area contributed by atoms with Crippen molar-refractivity contribution in [1.29, 1.82) is 0 Å². The maximum absolute atomic E-state index is 10.6. The lowest BCUT2D eigenvalue weighted by molar-refractivity contribution is 0.0697. The maximum Gasteiger partial charge on any atom is 0.335 e. The SMILES string of the molecule is O=C(O)c1ccc(N=Nc2ncc[nH]2)cc1. The van der Waals surface area contributed by atoms with E-state index in [0.29, 0.717) is 11.6 Å². The first kappa shape index (κ1) is 10.0. The lowest BCUT2D eigenvalue weighted by atomic mass is 10.2. The normalized spacial score (nSPS) is 10.8. The van der Waals surface area contributed by atoms with Crippen LogP contribution in [0.3, 0.4) is 0 Å². The first-order valence-electron chi connectivity index (χ1n) is 4.50. The van der Waals surface area contributed by atoms with Gasteiger partial charge in [-0.2, -0.15) is 0 Å². The maximum atomic E-state index is 10.6. The third kappa shape index (κ3) is 2.30. The number of carbonyl (C=O) groups is 1. The Kier molecular flexibility index (Phi) is 2.73. The molecule has 0 unspecified atom stereocenters. The second kappa shape index (κ2) is 4.35. The van der Waals surface area contributed by atoms with Gasteiger partial charge in [0, 0.05) is 12.4 Å². The number of azo groups is 1. The molecule has 80 valence electrons. The molecule has 0 amide bonds. The Balaban J connectivity index is 2.14. The predicted molar refractivity (Wildman–Crippen MR) is 56.2 cm³/mol. The van der Waals surface area contributed by atoms with Crippen molar-refractivity contribution in [3.63, 3.8) is 0 Å². The number of H-pyrrole nitrogens is 1. The molecule has 0 fully saturated rings. The van der Waals surface area contributed by atoms with Crippen LogP contribution in [0.25, 0.3) is 0 Å². The van der Waals surface area contributed by atoms with Gasteiger partial charge in [0.05, 0.1) is 11.3 Å². The van der Waals surface area contributed by atoms with E-state index in [-0.39, 0.29) is 5.56 Å². The molecular formula is C10H8N4O2. The summed E-state index contributed by atoms with van der Waals surface area (Å²) in [4.78, 5) is 17.2. The molecule has 0 aliphatic carbocycles. The molecule has 6 nitrogen and oxygen atoms in total. The number of aromatic amines is 1. The van der Waals surface area contributed by atoms with Gasteiger partial charge in [0.1, 0.15) is 0 Å². The van der Waals surface area contributed by atoms with Crippen molar-refractivity contribution >= 4 is 17.6 Å². The molecule has 1 heterocycles. The molecule has 2 N–H and O–H groups in total. The van der Waals surface area contributed by atoms with Crippen molar-refractivity contribution in [3.05, 3.63) is 42.2 Å². The van der Waals surface area contributed by atoms with Crippen molar-refractivity contribution in [2.75, 3.05) is 0 Å². The number of nitrogens with one attached hydrogen (secondary N) is 1. The highest BCUT2D eigenvalue weighted by Crippen LogP contribution is 2.15. The van der Waals surface area contributed by atoms with E-state index in [0.717, 1.165) is 0 Å². The van der Waals surface area contributed by atoms with E-state index >= 15 is 0 Å². The van der Waals surface area contributed by atoms with E-state index in [1.807, 2.05) is 0 Å². The van der Waals surface area contributed by atoms with Crippen LogP contribution in [0.2, 0.25) is 0 Å².